The Morgan fingerprint density at radius 3 is 2.65 bits per heavy atom. The summed E-state index contributed by atoms with van der Waals surface area (Å²) in [6.45, 7) is 13.4. The maximum Gasteiger partial charge on any atom is 0.213 e. The van der Waals surface area contributed by atoms with Crippen LogP contribution in [0.3, 0.4) is 0 Å². The Hall–Kier alpha value is -2.78. The van der Waals surface area contributed by atoms with Crippen LogP contribution in [0.1, 0.15) is 51.8 Å². The molecule has 3 aromatic rings. The lowest BCUT2D eigenvalue weighted by Gasteiger charge is -2.31. The summed E-state index contributed by atoms with van der Waals surface area (Å²) in [4.78, 5) is 3.81. The van der Waals surface area contributed by atoms with Gasteiger partial charge in [0.25, 0.3) is 0 Å². The second kappa shape index (κ2) is 9.11. The SMILES string of the molecule is CCN1/C(=C/C2=CC(=C\c3c4cc(C)ccc4cc[n+]3CC)/CC(C)(C)C2)Sc2ccccc21. The molecule has 0 saturated heterocycles. The number of hydrogen-bond donors (Lipinski definition) is 0. The lowest BCUT2D eigenvalue weighted by atomic mass is 9.75. The van der Waals surface area contributed by atoms with Crippen molar-refractivity contribution in [3.63, 3.8) is 0 Å². The standard InChI is InChI=1S/C31H35N2S/c1-6-32-15-14-25-13-12-22(3)16-26(25)28(32)18-23-17-24(21-31(4,5)20-23)19-30-33(7-2)27-10-8-9-11-29(27)34-30/h8-19H,6-7,20-21H2,1-5H3/q+1. The third kappa shape index (κ3) is 4.46. The normalized spacial score (nSPS) is 19.7. The molecule has 0 saturated carbocycles. The van der Waals surface area contributed by atoms with Crippen LogP contribution in [0.2, 0.25) is 0 Å². The molecule has 0 N–H and O–H groups in total. The van der Waals surface area contributed by atoms with Crippen LogP contribution in [0.4, 0.5) is 5.69 Å². The fourth-order valence-corrected chi connectivity index (χ4v) is 6.60. The quantitative estimate of drug-likeness (QED) is 0.358. The van der Waals surface area contributed by atoms with Crippen molar-refractivity contribution >= 4 is 34.3 Å². The molecule has 5 rings (SSSR count). The first-order chi connectivity index (χ1) is 16.4. The van der Waals surface area contributed by atoms with Crippen molar-refractivity contribution in [1.82, 2.24) is 0 Å². The maximum atomic E-state index is 2.45. The fraction of sp³-hybridized carbons (Fsp3) is 0.323. The lowest BCUT2D eigenvalue weighted by Crippen LogP contribution is -2.35. The van der Waals surface area contributed by atoms with E-state index in [-0.39, 0.29) is 5.41 Å². The number of rotatable bonds is 4. The average Bonchev–Trinajstić information content (AvgIpc) is 3.15. The number of nitrogens with zero attached hydrogens (tertiary/aromatic N) is 2. The van der Waals surface area contributed by atoms with E-state index in [9.17, 15) is 0 Å². The zero-order valence-corrected chi connectivity index (χ0v) is 21.9. The molecule has 3 heteroatoms. The maximum absolute atomic E-state index is 2.45. The van der Waals surface area contributed by atoms with Crippen LogP contribution in [0.5, 0.6) is 0 Å². The summed E-state index contributed by atoms with van der Waals surface area (Å²) in [6, 6.07) is 17.8. The number of thioether (sulfide) groups is 1. The number of aromatic nitrogens is 1. The van der Waals surface area contributed by atoms with Gasteiger partial charge in [-0.25, -0.2) is 0 Å². The van der Waals surface area contributed by atoms with Gasteiger partial charge in [0, 0.05) is 23.6 Å². The molecule has 174 valence electrons. The number of hydrogen-bond acceptors (Lipinski definition) is 2. The van der Waals surface area contributed by atoms with Crippen LogP contribution in [0.15, 0.2) is 88.0 Å². The first-order valence-corrected chi connectivity index (χ1v) is 13.3. The molecule has 0 bridgehead atoms. The van der Waals surface area contributed by atoms with Gasteiger partial charge in [0.05, 0.1) is 16.1 Å². The average molecular weight is 468 g/mol. The number of para-hydroxylation sites is 1. The Morgan fingerprint density at radius 1 is 1.03 bits per heavy atom. The molecule has 1 aromatic heterocycles. The Bertz CT molecular complexity index is 1340. The van der Waals surface area contributed by atoms with E-state index in [1.165, 1.54) is 48.8 Å². The van der Waals surface area contributed by atoms with E-state index in [0.29, 0.717) is 0 Å². The number of anilines is 1. The summed E-state index contributed by atoms with van der Waals surface area (Å²) in [7, 11) is 0. The van der Waals surface area contributed by atoms with Crippen LogP contribution < -0.4 is 9.47 Å². The number of pyridine rings is 1. The van der Waals surface area contributed by atoms with E-state index in [2.05, 4.69) is 117 Å². The molecule has 34 heavy (non-hydrogen) atoms. The zero-order chi connectivity index (χ0) is 23.9. The summed E-state index contributed by atoms with van der Waals surface area (Å²) < 4.78 is 2.38. The molecule has 2 aromatic carbocycles. The minimum Gasteiger partial charge on any atom is -0.335 e. The highest BCUT2D eigenvalue weighted by Crippen LogP contribution is 2.47. The van der Waals surface area contributed by atoms with E-state index < -0.39 is 0 Å². The third-order valence-corrected chi connectivity index (χ3v) is 8.00. The van der Waals surface area contributed by atoms with Crippen LogP contribution in [-0.4, -0.2) is 6.54 Å². The molecule has 0 spiro atoms. The Balaban J connectivity index is 1.59. The predicted octanol–water partition coefficient (Wildman–Crippen LogP) is 8.06. The van der Waals surface area contributed by atoms with E-state index >= 15 is 0 Å². The van der Waals surface area contributed by atoms with Gasteiger partial charge in [-0.05, 0) is 79.8 Å². The number of aryl methyl sites for hydroxylation is 2. The van der Waals surface area contributed by atoms with E-state index in [0.717, 1.165) is 25.9 Å². The molecule has 0 fully saturated rings. The van der Waals surface area contributed by atoms with Gasteiger partial charge < -0.3 is 4.90 Å². The number of fused-ring (bicyclic) bond motifs is 2. The second-order valence-corrected chi connectivity index (χ2v) is 11.4. The summed E-state index contributed by atoms with van der Waals surface area (Å²) in [5, 5.41) is 3.99. The van der Waals surface area contributed by atoms with E-state index in [1.807, 2.05) is 11.8 Å². The monoisotopic (exact) mass is 467 g/mol. The van der Waals surface area contributed by atoms with Crippen LogP contribution in [-0.2, 0) is 6.54 Å². The molecule has 1 aliphatic carbocycles. The summed E-state index contributed by atoms with van der Waals surface area (Å²) >= 11 is 1.90. The summed E-state index contributed by atoms with van der Waals surface area (Å²) in [6.07, 6.45) is 11.8. The highest BCUT2D eigenvalue weighted by atomic mass is 32.2. The van der Waals surface area contributed by atoms with E-state index in [1.54, 1.807) is 0 Å². The topological polar surface area (TPSA) is 7.12 Å². The molecule has 0 amide bonds. The van der Waals surface area contributed by atoms with Crippen LogP contribution in [0, 0.1) is 12.3 Å². The predicted molar refractivity (Wildman–Crippen MR) is 147 cm³/mol. The minimum absolute atomic E-state index is 0.234. The molecule has 0 unspecified atom stereocenters. The van der Waals surface area contributed by atoms with Crippen molar-refractivity contribution in [2.45, 2.75) is 58.9 Å². The van der Waals surface area contributed by atoms with Gasteiger partial charge in [-0.15, -0.1) is 0 Å². The van der Waals surface area contributed by atoms with Gasteiger partial charge in [0.1, 0.15) is 6.54 Å². The van der Waals surface area contributed by atoms with Crippen molar-refractivity contribution in [2.75, 3.05) is 11.4 Å². The van der Waals surface area contributed by atoms with Crippen LogP contribution >= 0.6 is 11.8 Å². The largest absolute Gasteiger partial charge is 0.335 e. The number of allylic oxidation sites excluding steroid dienone is 4. The second-order valence-electron chi connectivity index (χ2n) is 10.3. The van der Waals surface area contributed by atoms with Gasteiger partial charge in [-0.2, -0.15) is 4.57 Å². The first kappa shape index (κ1) is 23.0. The van der Waals surface area contributed by atoms with E-state index in [4.69, 9.17) is 0 Å². The molecule has 2 heterocycles. The van der Waals surface area contributed by atoms with Crippen LogP contribution in [0.25, 0.3) is 16.8 Å². The highest BCUT2D eigenvalue weighted by molar-refractivity contribution is 8.03. The smallest absolute Gasteiger partial charge is 0.213 e. The summed E-state index contributed by atoms with van der Waals surface area (Å²) in [5.41, 5.74) is 7.04. The zero-order valence-electron chi connectivity index (χ0n) is 21.1. The van der Waals surface area contributed by atoms with Crippen molar-refractivity contribution < 1.29 is 4.57 Å². The molecular formula is C31H35N2S+. The molecule has 0 atom stereocenters. The van der Waals surface area contributed by atoms with Crippen molar-refractivity contribution in [2.24, 2.45) is 5.41 Å². The molecular weight excluding hydrogens is 432 g/mol. The Labute approximate surface area is 208 Å². The minimum atomic E-state index is 0.234. The van der Waals surface area contributed by atoms with Gasteiger partial charge in [0.2, 0.25) is 5.69 Å². The van der Waals surface area contributed by atoms with Crippen molar-refractivity contribution in [3.8, 4) is 0 Å². The van der Waals surface area contributed by atoms with Gasteiger partial charge in [-0.1, -0.05) is 61.5 Å². The molecule has 2 nitrogen and oxygen atoms in total. The first-order valence-electron chi connectivity index (χ1n) is 12.5. The summed E-state index contributed by atoms with van der Waals surface area (Å²) in [5.74, 6) is 0. The molecule has 1 aliphatic heterocycles. The van der Waals surface area contributed by atoms with Crippen molar-refractivity contribution in [1.29, 1.82) is 0 Å². The molecule has 0 radical (unpaired) electrons. The Kier molecular flexibility index (Phi) is 6.16. The highest BCUT2D eigenvalue weighted by Gasteiger charge is 2.28. The van der Waals surface area contributed by atoms with Gasteiger partial charge in [-0.3, -0.25) is 0 Å². The molecule has 2 aliphatic rings. The fourth-order valence-electron chi connectivity index (χ4n) is 5.39. The Morgan fingerprint density at radius 2 is 1.85 bits per heavy atom. The number of benzene rings is 2. The van der Waals surface area contributed by atoms with Gasteiger partial charge >= 0.3 is 0 Å². The van der Waals surface area contributed by atoms with Crippen molar-refractivity contribution in [3.05, 3.63) is 94.3 Å². The lowest BCUT2D eigenvalue weighted by molar-refractivity contribution is -0.693. The van der Waals surface area contributed by atoms with Gasteiger partial charge in [0.15, 0.2) is 6.20 Å². The third-order valence-electron chi connectivity index (χ3n) is 6.89.